The molecule has 3 aromatic rings. The summed E-state index contributed by atoms with van der Waals surface area (Å²) in [5.74, 6) is -0.894. The zero-order chi connectivity index (χ0) is 19.7. The molecular weight excluding hydrogens is 360 g/mol. The van der Waals surface area contributed by atoms with Crippen LogP contribution in [0.5, 0.6) is 0 Å². The molecule has 0 atom stereocenters. The first kappa shape index (κ1) is 17.8. The maximum absolute atomic E-state index is 12.1. The molecule has 1 aliphatic rings. The van der Waals surface area contributed by atoms with Gasteiger partial charge in [-0.05, 0) is 29.2 Å². The lowest BCUT2D eigenvalue weighted by molar-refractivity contribution is 0.0689. The van der Waals surface area contributed by atoms with Crippen molar-refractivity contribution in [1.82, 2.24) is 10.3 Å². The normalized spacial score (nSPS) is 12.3. The summed E-state index contributed by atoms with van der Waals surface area (Å²) < 4.78 is 10.6. The van der Waals surface area contributed by atoms with E-state index < -0.39 is 12.1 Å². The van der Waals surface area contributed by atoms with Crippen LogP contribution in [-0.4, -0.2) is 28.8 Å². The molecule has 0 fully saturated rings. The molecule has 0 saturated carbocycles. The topological polar surface area (TPSA) is 102 Å². The van der Waals surface area contributed by atoms with Gasteiger partial charge in [0.1, 0.15) is 12.4 Å². The number of aryl methyl sites for hydroxylation is 1. The second kappa shape index (κ2) is 7.19. The third-order valence-corrected chi connectivity index (χ3v) is 4.77. The van der Waals surface area contributed by atoms with E-state index in [0.717, 1.165) is 22.3 Å². The van der Waals surface area contributed by atoms with E-state index in [1.54, 1.807) is 0 Å². The van der Waals surface area contributed by atoms with E-state index in [1.807, 2.05) is 36.4 Å². The highest BCUT2D eigenvalue weighted by Crippen LogP contribution is 2.44. The van der Waals surface area contributed by atoms with Gasteiger partial charge in [-0.1, -0.05) is 48.5 Å². The van der Waals surface area contributed by atoms with Gasteiger partial charge in [0.05, 0.1) is 6.54 Å². The van der Waals surface area contributed by atoms with Crippen LogP contribution in [-0.2, 0) is 11.3 Å². The van der Waals surface area contributed by atoms with Gasteiger partial charge in [-0.2, -0.15) is 0 Å². The Labute approximate surface area is 161 Å². The molecular formula is C21H18N2O5. The number of oxazole rings is 1. The monoisotopic (exact) mass is 378 g/mol. The van der Waals surface area contributed by atoms with Gasteiger partial charge in [0.15, 0.2) is 5.69 Å². The summed E-state index contributed by atoms with van der Waals surface area (Å²) in [4.78, 5) is 26.9. The smallest absolute Gasteiger partial charge is 0.407 e. The highest BCUT2D eigenvalue weighted by Gasteiger charge is 2.29. The number of carboxylic acids is 1. The van der Waals surface area contributed by atoms with Crippen molar-refractivity contribution in [3.8, 4) is 11.1 Å². The lowest BCUT2D eigenvalue weighted by atomic mass is 9.98. The number of rotatable bonds is 5. The van der Waals surface area contributed by atoms with Crippen molar-refractivity contribution in [3.63, 3.8) is 0 Å². The lowest BCUT2D eigenvalue weighted by Crippen LogP contribution is -2.25. The third-order valence-electron chi connectivity index (χ3n) is 4.77. The van der Waals surface area contributed by atoms with E-state index in [1.165, 1.54) is 6.92 Å². The molecule has 1 aliphatic carbocycles. The zero-order valence-corrected chi connectivity index (χ0v) is 15.1. The molecule has 7 nitrogen and oxygen atoms in total. The van der Waals surface area contributed by atoms with Crippen LogP contribution in [0.1, 0.15) is 39.2 Å². The molecule has 0 spiro atoms. The summed E-state index contributed by atoms with van der Waals surface area (Å²) in [6, 6.07) is 16.2. The van der Waals surface area contributed by atoms with Gasteiger partial charge in [-0.25, -0.2) is 14.6 Å². The first-order valence-electron chi connectivity index (χ1n) is 8.83. The Morgan fingerprint density at radius 1 is 1.11 bits per heavy atom. The molecule has 2 aromatic carbocycles. The number of nitrogens with zero attached hydrogens (tertiary/aromatic N) is 1. The Kier molecular flexibility index (Phi) is 4.57. The summed E-state index contributed by atoms with van der Waals surface area (Å²) in [5, 5.41) is 11.5. The van der Waals surface area contributed by atoms with Gasteiger partial charge in [0, 0.05) is 5.92 Å². The Bertz CT molecular complexity index is 1010. The van der Waals surface area contributed by atoms with Crippen LogP contribution in [0.15, 0.2) is 52.9 Å². The fourth-order valence-corrected chi connectivity index (χ4v) is 3.52. The highest BCUT2D eigenvalue weighted by molar-refractivity contribution is 5.86. The van der Waals surface area contributed by atoms with Gasteiger partial charge in [-0.3, -0.25) is 0 Å². The van der Waals surface area contributed by atoms with E-state index in [0.29, 0.717) is 0 Å². The van der Waals surface area contributed by atoms with Crippen LogP contribution in [0.4, 0.5) is 4.79 Å². The molecule has 1 amide bonds. The number of benzene rings is 2. The van der Waals surface area contributed by atoms with Gasteiger partial charge in [-0.15, -0.1) is 0 Å². The number of alkyl carbamates (subject to hydrolysis) is 1. The van der Waals surface area contributed by atoms with Crippen molar-refractivity contribution in [2.45, 2.75) is 19.4 Å². The fourth-order valence-electron chi connectivity index (χ4n) is 3.52. The molecule has 1 aromatic heterocycles. The summed E-state index contributed by atoms with van der Waals surface area (Å²) in [5.41, 5.74) is 4.41. The Morgan fingerprint density at radius 2 is 1.71 bits per heavy atom. The Morgan fingerprint density at radius 3 is 2.29 bits per heavy atom. The zero-order valence-electron chi connectivity index (χ0n) is 15.1. The molecule has 0 saturated heterocycles. The van der Waals surface area contributed by atoms with Crippen LogP contribution in [0, 0.1) is 6.92 Å². The average molecular weight is 378 g/mol. The number of aromatic nitrogens is 1. The minimum absolute atomic E-state index is 0.0271. The number of aromatic carboxylic acids is 1. The van der Waals surface area contributed by atoms with E-state index in [-0.39, 0.29) is 36.4 Å². The maximum atomic E-state index is 12.1. The van der Waals surface area contributed by atoms with Crippen LogP contribution in [0.3, 0.4) is 0 Å². The number of nitrogens with one attached hydrogen (secondary N) is 1. The van der Waals surface area contributed by atoms with Gasteiger partial charge in [0.2, 0.25) is 5.89 Å². The average Bonchev–Trinajstić information content (AvgIpc) is 3.23. The molecule has 0 bridgehead atoms. The SMILES string of the molecule is Cc1oc(CNC(=O)OCC2c3ccccc3-c3ccccc32)nc1C(=O)O. The van der Waals surface area contributed by atoms with Gasteiger partial charge < -0.3 is 19.6 Å². The third kappa shape index (κ3) is 3.22. The number of carboxylic acid groups (broad SMARTS) is 1. The number of ether oxygens (including phenoxy) is 1. The first-order chi connectivity index (χ1) is 13.5. The summed E-state index contributed by atoms with van der Waals surface area (Å²) in [6.45, 7) is 1.66. The van der Waals surface area contributed by atoms with E-state index in [4.69, 9.17) is 14.3 Å². The van der Waals surface area contributed by atoms with Crippen molar-refractivity contribution in [1.29, 1.82) is 0 Å². The predicted molar refractivity (Wildman–Crippen MR) is 100 cm³/mol. The standard InChI is InChI=1S/C21H18N2O5/c1-12-19(20(24)25)23-18(28-12)10-22-21(26)27-11-17-15-8-4-2-6-13(15)14-7-3-5-9-16(14)17/h2-9,17H,10-11H2,1H3,(H,22,26)(H,24,25). The van der Waals surface area contributed by atoms with E-state index in [2.05, 4.69) is 22.4 Å². The molecule has 4 rings (SSSR count). The van der Waals surface area contributed by atoms with Crippen LogP contribution < -0.4 is 5.32 Å². The van der Waals surface area contributed by atoms with Crippen molar-refractivity contribution in [3.05, 3.63) is 77.0 Å². The lowest BCUT2D eigenvalue weighted by Gasteiger charge is -2.14. The molecule has 142 valence electrons. The number of amides is 1. The summed E-state index contributed by atoms with van der Waals surface area (Å²) in [6.07, 6.45) is -0.616. The maximum Gasteiger partial charge on any atom is 0.407 e. The Hall–Kier alpha value is -3.61. The van der Waals surface area contributed by atoms with Crippen LogP contribution >= 0.6 is 0 Å². The number of hydrogen-bond acceptors (Lipinski definition) is 5. The molecule has 0 aliphatic heterocycles. The van der Waals surface area contributed by atoms with Crippen molar-refractivity contribution in [2.75, 3.05) is 6.61 Å². The number of hydrogen-bond donors (Lipinski definition) is 2. The van der Waals surface area contributed by atoms with Crippen molar-refractivity contribution in [2.24, 2.45) is 0 Å². The first-order valence-corrected chi connectivity index (χ1v) is 8.83. The molecule has 2 N–H and O–H groups in total. The summed E-state index contributed by atoms with van der Waals surface area (Å²) >= 11 is 0. The number of fused-ring (bicyclic) bond motifs is 3. The van der Waals surface area contributed by atoms with Crippen molar-refractivity contribution < 1.29 is 23.8 Å². The van der Waals surface area contributed by atoms with Crippen molar-refractivity contribution >= 4 is 12.1 Å². The summed E-state index contributed by atoms with van der Waals surface area (Å²) in [7, 11) is 0. The Balaban J connectivity index is 1.40. The minimum Gasteiger partial charge on any atom is -0.476 e. The molecule has 7 heteroatoms. The fraction of sp³-hybridized carbons (Fsp3) is 0.190. The number of carbonyl (C=O) groups excluding carboxylic acids is 1. The second-order valence-corrected chi connectivity index (χ2v) is 6.50. The van der Waals surface area contributed by atoms with Gasteiger partial charge >= 0.3 is 12.1 Å². The molecule has 0 radical (unpaired) electrons. The quantitative estimate of drug-likeness (QED) is 0.702. The predicted octanol–water partition coefficient (Wildman–Crippen LogP) is 3.72. The molecule has 28 heavy (non-hydrogen) atoms. The molecule has 0 unspecified atom stereocenters. The minimum atomic E-state index is -1.17. The van der Waals surface area contributed by atoms with Crippen LogP contribution in [0.25, 0.3) is 11.1 Å². The highest BCUT2D eigenvalue weighted by atomic mass is 16.5. The van der Waals surface area contributed by atoms with E-state index >= 15 is 0 Å². The number of carbonyl (C=O) groups is 2. The van der Waals surface area contributed by atoms with Crippen LogP contribution in [0.2, 0.25) is 0 Å². The van der Waals surface area contributed by atoms with Gasteiger partial charge in [0.25, 0.3) is 0 Å². The van der Waals surface area contributed by atoms with E-state index in [9.17, 15) is 9.59 Å². The molecule has 1 heterocycles. The second-order valence-electron chi connectivity index (χ2n) is 6.50. The largest absolute Gasteiger partial charge is 0.476 e.